The summed E-state index contributed by atoms with van der Waals surface area (Å²) < 4.78 is 11.2. The molecule has 2 N–H and O–H groups in total. The molecule has 0 bridgehead atoms. The van der Waals surface area contributed by atoms with Crippen LogP contribution in [0.15, 0.2) is 12.2 Å². The van der Waals surface area contributed by atoms with E-state index in [2.05, 4.69) is 26.0 Å². The summed E-state index contributed by atoms with van der Waals surface area (Å²) in [5.41, 5.74) is -0.286. The molecule has 4 nitrogen and oxygen atoms in total. The maximum atomic E-state index is 12.1. The maximum Gasteiger partial charge on any atom is 0.177 e. The van der Waals surface area contributed by atoms with Crippen LogP contribution in [0.5, 0.6) is 0 Å². The summed E-state index contributed by atoms with van der Waals surface area (Å²) in [5, 5.41) is 22.3. The highest BCUT2D eigenvalue weighted by Gasteiger charge is 2.66. The first-order valence-corrected chi connectivity index (χ1v) is 11.7. The Bertz CT molecular complexity index is 628. The summed E-state index contributed by atoms with van der Waals surface area (Å²) in [5.74, 6) is 2.07. The monoisotopic (exact) mass is 390 g/mol. The molecular weight excluding hydrogens is 352 g/mol. The Morgan fingerprint density at radius 1 is 0.857 bits per heavy atom. The summed E-state index contributed by atoms with van der Waals surface area (Å²) >= 11 is 0. The standard InChI is InChI=1S/C24H38O4/c1-22-10-8-18(25)15-17(22)3-5-20-19(22)9-11-23(2)16(7-12-24(20,23)26)4-6-21-27-13-14-28-21/h4,6,16-21,25-26H,3,5,7-15H2,1-2H3/b6-4+/t16-,17?,18?,19-,20+,22-,23+,24+/m0/s1. The van der Waals surface area contributed by atoms with Crippen LogP contribution in [0.3, 0.4) is 0 Å². The highest BCUT2D eigenvalue weighted by molar-refractivity contribution is 5.19. The Hall–Kier alpha value is -0.420. The van der Waals surface area contributed by atoms with E-state index in [1.165, 1.54) is 12.8 Å². The van der Waals surface area contributed by atoms with E-state index in [0.717, 1.165) is 44.9 Å². The molecule has 28 heavy (non-hydrogen) atoms. The molecular formula is C24H38O4. The molecule has 1 aliphatic heterocycles. The van der Waals surface area contributed by atoms with Gasteiger partial charge in [0.1, 0.15) is 0 Å². The van der Waals surface area contributed by atoms with E-state index >= 15 is 0 Å². The van der Waals surface area contributed by atoms with Crippen molar-refractivity contribution < 1.29 is 19.7 Å². The molecule has 158 valence electrons. The van der Waals surface area contributed by atoms with Crippen molar-refractivity contribution in [3.05, 3.63) is 12.2 Å². The van der Waals surface area contributed by atoms with Gasteiger partial charge in [0.05, 0.1) is 24.9 Å². The number of aliphatic hydroxyl groups is 2. The van der Waals surface area contributed by atoms with Gasteiger partial charge in [-0.2, -0.15) is 0 Å². The second-order valence-corrected chi connectivity index (χ2v) is 10.9. The van der Waals surface area contributed by atoms with Crippen molar-refractivity contribution in [2.24, 2.45) is 34.5 Å². The summed E-state index contributed by atoms with van der Waals surface area (Å²) in [7, 11) is 0. The lowest BCUT2D eigenvalue weighted by Crippen LogP contribution is -2.62. The predicted octanol–water partition coefficient (Wildman–Crippen LogP) is 4.05. The summed E-state index contributed by atoms with van der Waals surface area (Å²) in [4.78, 5) is 0. The molecule has 0 amide bonds. The zero-order valence-corrected chi connectivity index (χ0v) is 17.6. The molecule has 0 aromatic rings. The molecule has 0 aromatic heterocycles. The van der Waals surface area contributed by atoms with Crippen molar-refractivity contribution in [1.29, 1.82) is 0 Å². The van der Waals surface area contributed by atoms with Gasteiger partial charge in [0, 0.05) is 5.41 Å². The van der Waals surface area contributed by atoms with Gasteiger partial charge in [-0.05, 0) is 93.0 Å². The van der Waals surface area contributed by atoms with E-state index in [9.17, 15) is 10.2 Å². The molecule has 0 aromatic carbocycles. The highest BCUT2D eigenvalue weighted by Crippen LogP contribution is 2.69. The first-order valence-electron chi connectivity index (χ1n) is 11.7. The SMILES string of the molecule is C[C@]12CCC(O)CC1CC[C@@H]1[C@@H]2CC[C@]2(C)[C@@H](/C=C/C3OCCO3)CC[C@@]12O. The third-order valence-corrected chi connectivity index (χ3v) is 10.0. The Balaban J connectivity index is 1.39. The van der Waals surface area contributed by atoms with E-state index in [0.29, 0.717) is 42.3 Å². The average molecular weight is 391 g/mol. The van der Waals surface area contributed by atoms with E-state index in [-0.39, 0.29) is 17.8 Å². The fourth-order valence-electron chi connectivity index (χ4n) is 8.27. The molecule has 0 spiro atoms. The van der Waals surface area contributed by atoms with Gasteiger partial charge >= 0.3 is 0 Å². The van der Waals surface area contributed by atoms with E-state index in [1.54, 1.807) is 0 Å². The van der Waals surface area contributed by atoms with Gasteiger partial charge in [-0.3, -0.25) is 0 Å². The van der Waals surface area contributed by atoms with Crippen LogP contribution in [0, 0.1) is 34.5 Å². The third-order valence-electron chi connectivity index (χ3n) is 10.0. The molecule has 5 fully saturated rings. The van der Waals surface area contributed by atoms with Gasteiger partial charge in [-0.1, -0.05) is 19.9 Å². The number of hydrogen-bond acceptors (Lipinski definition) is 4. The minimum atomic E-state index is -0.549. The second kappa shape index (κ2) is 6.80. The summed E-state index contributed by atoms with van der Waals surface area (Å²) in [6, 6.07) is 0. The van der Waals surface area contributed by atoms with Crippen molar-refractivity contribution in [1.82, 2.24) is 0 Å². The van der Waals surface area contributed by atoms with Gasteiger partial charge in [0.2, 0.25) is 0 Å². The van der Waals surface area contributed by atoms with Crippen LogP contribution in [0.2, 0.25) is 0 Å². The first-order chi connectivity index (χ1) is 13.4. The van der Waals surface area contributed by atoms with Crippen LogP contribution in [-0.4, -0.2) is 41.4 Å². The lowest BCUT2D eigenvalue weighted by Gasteiger charge is -2.63. The zero-order chi connectivity index (χ0) is 19.6. The molecule has 8 atom stereocenters. The van der Waals surface area contributed by atoms with Crippen LogP contribution >= 0.6 is 0 Å². The quantitative estimate of drug-likeness (QED) is 0.699. The van der Waals surface area contributed by atoms with Crippen molar-refractivity contribution in [3.8, 4) is 0 Å². The Kier molecular flexibility index (Phi) is 4.74. The fourth-order valence-corrected chi connectivity index (χ4v) is 8.27. The first kappa shape index (κ1) is 19.5. The van der Waals surface area contributed by atoms with Gasteiger partial charge in [0.25, 0.3) is 0 Å². The Labute approximate surface area is 169 Å². The molecule has 0 radical (unpaired) electrons. The lowest BCUT2D eigenvalue weighted by atomic mass is 9.43. The molecule has 4 saturated carbocycles. The van der Waals surface area contributed by atoms with Crippen molar-refractivity contribution in [2.75, 3.05) is 13.2 Å². The minimum Gasteiger partial charge on any atom is -0.393 e. The van der Waals surface area contributed by atoms with E-state index in [1.807, 2.05) is 0 Å². The number of ether oxygens (including phenoxy) is 2. The topological polar surface area (TPSA) is 58.9 Å². The predicted molar refractivity (Wildman–Crippen MR) is 108 cm³/mol. The van der Waals surface area contributed by atoms with E-state index < -0.39 is 5.60 Å². The normalized spacial score (nSPS) is 54.5. The van der Waals surface area contributed by atoms with Crippen molar-refractivity contribution >= 4 is 0 Å². The summed E-state index contributed by atoms with van der Waals surface area (Å²) in [6.07, 6.45) is 13.8. The zero-order valence-electron chi connectivity index (χ0n) is 17.6. The van der Waals surface area contributed by atoms with E-state index in [4.69, 9.17) is 9.47 Å². The second-order valence-electron chi connectivity index (χ2n) is 10.9. The maximum absolute atomic E-state index is 12.1. The summed E-state index contributed by atoms with van der Waals surface area (Å²) in [6.45, 7) is 6.19. The minimum absolute atomic E-state index is 0.0410. The molecule has 4 aliphatic carbocycles. The largest absolute Gasteiger partial charge is 0.393 e. The highest BCUT2D eigenvalue weighted by atomic mass is 16.7. The number of fused-ring (bicyclic) bond motifs is 5. The number of hydrogen-bond donors (Lipinski definition) is 2. The van der Waals surface area contributed by atoms with Crippen molar-refractivity contribution in [2.45, 2.75) is 89.6 Å². The number of aliphatic hydroxyl groups excluding tert-OH is 1. The third kappa shape index (κ3) is 2.71. The number of rotatable bonds is 2. The van der Waals surface area contributed by atoms with Crippen LogP contribution < -0.4 is 0 Å². The van der Waals surface area contributed by atoms with Gasteiger partial charge in [0.15, 0.2) is 6.29 Å². The lowest BCUT2D eigenvalue weighted by molar-refractivity contribution is -0.207. The van der Waals surface area contributed by atoms with Crippen molar-refractivity contribution in [3.63, 3.8) is 0 Å². The van der Waals surface area contributed by atoms with Crippen LogP contribution in [-0.2, 0) is 9.47 Å². The number of allylic oxidation sites excluding steroid dienone is 1. The molecule has 4 heteroatoms. The Morgan fingerprint density at radius 2 is 1.64 bits per heavy atom. The van der Waals surface area contributed by atoms with Crippen LogP contribution in [0.25, 0.3) is 0 Å². The Morgan fingerprint density at radius 3 is 2.43 bits per heavy atom. The smallest absolute Gasteiger partial charge is 0.177 e. The average Bonchev–Trinajstić information content (AvgIpc) is 3.27. The molecule has 1 saturated heterocycles. The molecule has 2 unspecified atom stereocenters. The molecule has 5 aliphatic rings. The van der Waals surface area contributed by atoms with Gasteiger partial charge in [-0.15, -0.1) is 0 Å². The van der Waals surface area contributed by atoms with Crippen LogP contribution in [0.1, 0.15) is 71.6 Å². The van der Waals surface area contributed by atoms with Crippen LogP contribution in [0.4, 0.5) is 0 Å². The van der Waals surface area contributed by atoms with Gasteiger partial charge < -0.3 is 19.7 Å². The fraction of sp³-hybridized carbons (Fsp3) is 0.917. The van der Waals surface area contributed by atoms with Gasteiger partial charge in [-0.25, -0.2) is 0 Å². The molecule has 1 heterocycles. The molecule has 5 rings (SSSR count).